The van der Waals surface area contributed by atoms with Gasteiger partial charge in [-0.3, -0.25) is 4.79 Å². The molecule has 0 aliphatic rings. The number of nitrogens with one attached hydrogen (secondary N) is 1. The maximum atomic E-state index is 13.4. The highest BCUT2D eigenvalue weighted by molar-refractivity contribution is 5.96. The fraction of sp³-hybridized carbons (Fsp3) is 0.462. The maximum Gasteiger partial charge on any atom is 0.167 e. The van der Waals surface area contributed by atoms with Gasteiger partial charge in [-0.1, -0.05) is 18.6 Å². The topological polar surface area (TPSA) is 29.1 Å². The predicted molar refractivity (Wildman–Crippen MR) is 63.2 cm³/mol. The third-order valence-electron chi connectivity index (χ3n) is 2.47. The van der Waals surface area contributed by atoms with Gasteiger partial charge in [0, 0.05) is 12.5 Å². The second kappa shape index (κ2) is 5.75. The fourth-order valence-corrected chi connectivity index (χ4v) is 1.66. The van der Waals surface area contributed by atoms with Crippen LogP contribution in [0, 0.1) is 12.7 Å². The number of hydrogen-bond acceptors (Lipinski definition) is 2. The van der Waals surface area contributed by atoms with Crippen molar-refractivity contribution < 1.29 is 9.18 Å². The highest BCUT2D eigenvalue weighted by Crippen LogP contribution is 2.13. The molecule has 0 aromatic heterocycles. The molecule has 0 amide bonds. The highest BCUT2D eigenvalue weighted by atomic mass is 19.1. The largest absolute Gasteiger partial charge is 0.314 e. The van der Waals surface area contributed by atoms with Crippen LogP contribution in [0.2, 0.25) is 0 Å². The summed E-state index contributed by atoms with van der Waals surface area (Å²) < 4.78 is 13.4. The average Bonchev–Trinajstić information content (AvgIpc) is 2.21. The van der Waals surface area contributed by atoms with Crippen molar-refractivity contribution in [2.24, 2.45) is 0 Å². The minimum atomic E-state index is -0.431. The molecule has 0 saturated heterocycles. The Morgan fingerprint density at radius 2 is 2.19 bits per heavy atom. The molecule has 1 unspecified atom stereocenters. The van der Waals surface area contributed by atoms with E-state index in [-0.39, 0.29) is 17.4 Å². The number of rotatable bonds is 5. The van der Waals surface area contributed by atoms with E-state index in [0.717, 1.165) is 12.1 Å². The molecule has 88 valence electrons. The van der Waals surface area contributed by atoms with Gasteiger partial charge in [0.25, 0.3) is 0 Å². The summed E-state index contributed by atoms with van der Waals surface area (Å²) in [6.45, 7) is 6.57. The van der Waals surface area contributed by atoms with Crippen LogP contribution in [-0.2, 0) is 0 Å². The van der Waals surface area contributed by atoms with Crippen molar-refractivity contribution in [1.29, 1.82) is 0 Å². The average molecular weight is 223 g/mol. The van der Waals surface area contributed by atoms with Crippen LogP contribution in [-0.4, -0.2) is 18.4 Å². The fourth-order valence-electron chi connectivity index (χ4n) is 1.66. The molecule has 3 heteroatoms. The molecular formula is C13H18FNO. The molecule has 1 rings (SSSR count). The summed E-state index contributed by atoms with van der Waals surface area (Å²) in [5.74, 6) is -0.575. The zero-order valence-electron chi connectivity index (χ0n) is 10.0. The first-order chi connectivity index (χ1) is 7.54. The molecule has 1 atom stereocenters. The Morgan fingerprint density at radius 1 is 1.50 bits per heavy atom. The third kappa shape index (κ3) is 3.42. The lowest BCUT2D eigenvalue weighted by Gasteiger charge is -2.11. The summed E-state index contributed by atoms with van der Waals surface area (Å²) in [6, 6.07) is 4.70. The first kappa shape index (κ1) is 12.8. The van der Waals surface area contributed by atoms with E-state index >= 15 is 0 Å². The van der Waals surface area contributed by atoms with Crippen LogP contribution in [0.15, 0.2) is 18.2 Å². The molecule has 0 bridgehead atoms. The van der Waals surface area contributed by atoms with E-state index in [1.165, 1.54) is 6.07 Å². The molecule has 0 radical (unpaired) electrons. The number of hydrogen-bond donors (Lipinski definition) is 1. The molecule has 0 heterocycles. The van der Waals surface area contributed by atoms with Crippen LogP contribution in [0.3, 0.4) is 0 Å². The monoisotopic (exact) mass is 223 g/mol. The predicted octanol–water partition coefficient (Wildman–Crippen LogP) is 2.70. The van der Waals surface area contributed by atoms with Crippen molar-refractivity contribution in [2.45, 2.75) is 33.2 Å². The van der Waals surface area contributed by atoms with Crippen molar-refractivity contribution >= 4 is 5.78 Å². The lowest BCUT2D eigenvalue weighted by Crippen LogP contribution is -2.28. The second-order valence-corrected chi connectivity index (χ2v) is 4.07. The first-order valence-corrected chi connectivity index (χ1v) is 5.57. The van der Waals surface area contributed by atoms with Gasteiger partial charge in [0.15, 0.2) is 5.78 Å². The van der Waals surface area contributed by atoms with E-state index in [1.807, 2.05) is 20.8 Å². The summed E-state index contributed by atoms with van der Waals surface area (Å²) in [6.07, 6.45) is 0.328. The molecule has 1 aromatic rings. The smallest absolute Gasteiger partial charge is 0.167 e. The molecule has 2 nitrogen and oxygen atoms in total. The summed E-state index contributed by atoms with van der Waals surface area (Å²) in [7, 11) is 0. The first-order valence-electron chi connectivity index (χ1n) is 5.57. The van der Waals surface area contributed by atoms with Crippen molar-refractivity contribution in [3.05, 3.63) is 35.1 Å². The number of halogens is 1. The lowest BCUT2D eigenvalue weighted by molar-refractivity contribution is 0.0968. The molecule has 0 saturated carbocycles. The number of Topliss-reactive ketones (excluding diaryl/α,β-unsaturated/α-hetero) is 1. The van der Waals surface area contributed by atoms with Crippen molar-refractivity contribution in [3.63, 3.8) is 0 Å². The van der Waals surface area contributed by atoms with Gasteiger partial charge in [0.1, 0.15) is 5.82 Å². The quantitative estimate of drug-likeness (QED) is 0.778. The minimum absolute atomic E-state index is 0.0809. The number of benzene rings is 1. The minimum Gasteiger partial charge on any atom is -0.314 e. The molecular weight excluding hydrogens is 205 g/mol. The van der Waals surface area contributed by atoms with Crippen LogP contribution in [0.1, 0.15) is 36.2 Å². The summed E-state index contributed by atoms with van der Waals surface area (Å²) in [5.41, 5.74) is 1.10. The van der Waals surface area contributed by atoms with Gasteiger partial charge in [0.05, 0.1) is 5.56 Å². The maximum absolute atomic E-state index is 13.4. The molecule has 1 N–H and O–H groups in total. The van der Waals surface area contributed by atoms with Gasteiger partial charge in [-0.05, 0) is 32.5 Å². The van der Waals surface area contributed by atoms with E-state index in [0.29, 0.717) is 6.42 Å². The molecule has 0 fully saturated rings. The van der Waals surface area contributed by atoms with E-state index in [4.69, 9.17) is 0 Å². The molecule has 1 aromatic carbocycles. The summed E-state index contributed by atoms with van der Waals surface area (Å²) >= 11 is 0. The SMILES string of the molecule is CCNC(C)CC(=O)c1cc(C)ccc1F. The number of ketones is 1. The van der Waals surface area contributed by atoms with Crippen LogP contribution in [0.5, 0.6) is 0 Å². The second-order valence-electron chi connectivity index (χ2n) is 4.07. The molecule has 0 aliphatic heterocycles. The zero-order chi connectivity index (χ0) is 12.1. The number of aryl methyl sites for hydroxylation is 1. The Morgan fingerprint density at radius 3 is 2.81 bits per heavy atom. The van der Waals surface area contributed by atoms with E-state index in [9.17, 15) is 9.18 Å². The summed E-state index contributed by atoms with van der Waals surface area (Å²) in [4.78, 5) is 11.8. The van der Waals surface area contributed by atoms with E-state index in [2.05, 4.69) is 5.32 Å². The van der Waals surface area contributed by atoms with Gasteiger partial charge in [-0.2, -0.15) is 0 Å². The Balaban J connectivity index is 2.76. The highest BCUT2D eigenvalue weighted by Gasteiger charge is 2.14. The Kier molecular flexibility index (Phi) is 4.62. The lowest BCUT2D eigenvalue weighted by atomic mass is 10.0. The van der Waals surface area contributed by atoms with Crippen LogP contribution in [0.25, 0.3) is 0 Å². The van der Waals surface area contributed by atoms with E-state index in [1.54, 1.807) is 12.1 Å². The van der Waals surface area contributed by atoms with Gasteiger partial charge < -0.3 is 5.32 Å². The van der Waals surface area contributed by atoms with Crippen molar-refractivity contribution in [1.82, 2.24) is 5.32 Å². The molecule has 0 spiro atoms. The van der Waals surface area contributed by atoms with Crippen LogP contribution < -0.4 is 5.32 Å². The van der Waals surface area contributed by atoms with Gasteiger partial charge in [-0.15, -0.1) is 0 Å². The number of carbonyl (C=O) groups is 1. The van der Waals surface area contributed by atoms with Crippen molar-refractivity contribution in [3.8, 4) is 0 Å². The Bertz CT molecular complexity index is 376. The third-order valence-corrected chi connectivity index (χ3v) is 2.47. The Hall–Kier alpha value is -1.22. The van der Waals surface area contributed by atoms with Crippen LogP contribution in [0.4, 0.5) is 4.39 Å². The molecule has 16 heavy (non-hydrogen) atoms. The van der Waals surface area contributed by atoms with E-state index < -0.39 is 5.82 Å². The summed E-state index contributed by atoms with van der Waals surface area (Å²) in [5, 5.41) is 3.14. The zero-order valence-corrected chi connectivity index (χ0v) is 10.0. The Labute approximate surface area is 95.9 Å². The van der Waals surface area contributed by atoms with Crippen LogP contribution >= 0.6 is 0 Å². The molecule has 0 aliphatic carbocycles. The van der Waals surface area contributed by atoms with Gasteiger partial charge in [-0.25, -0.2) is 4.39 Å². The normalized spacial score (nSPS) is 12.5. The van der Waals surface area contributed by atoms with Gasteiger partial charge in [0.2, 0.25) is 0 Å². The van der Waals surface area contributed by atoms with Crippen molar-refractivity contribution in [2.75, 3.05) is 6.54 Å². The number of carbonyl (C=O) groups excluding carboxylic acids is 1. The standard InChI is InChI=1S/C13H18FNO/c1-4-15-10(3)8-13(16)11-7-9(2)5-6-12(11)14/h5-7,10,15H,4,8H2,1-3H3. The van der Waals surface area contributed by atoms with Gasteiger partial charge >= 0.3 is 0 Å².